The number of guanidine groups is 1. The lowest BCUT2D eigenvalue weighted by Crippen LogP contribution is -2.42. The predicted octanol–water partition coefficient (Wildman–Crippen LogP) is 2.98. The molecule has 2 rings (SSSR count). The van der Waals surface area contributed by atoms with Crippen LogP contribution in [0.3, 0.4) is 0 Å². The van der Waals surface area contributed by atoms with Gasteiger partial charge >= 0.3 is 0 Å². The number of thioether (sulfide) groups is 1. The van der Waals surface area contributed by atoms with E-state index >= 15 is 0 Å². The molecule has 1 fully saturated rings. The Kier molecular flexibility index (Phi) is 10.5. The number of rotatable bonds is 11. The number of hydrogen-bond donors (Lipinski definition) is 1. The molecule has 2 unspecified atom stereocenters. The van der Waals surface area contributed by atoms with E-state index in [2.05, 4.69) is 34.3 Å². The zero-order valence-electron chi connectivity index (χ0n) is 17.6. The van der Waals surface area contributed by atoms with Crippen LogP contribution in [0.1, 0.15) is 13.3 Å². The van der Waals surface area contributed by atoms with Crippen molar-refractivity contribution in [2.24, 2.45) is 16.8 Å². The van der Waals surface area contributed by atoms with Crippen molar-refractivity contribution in [2.75, 3.05) is 66.5 Å². The number of hydrogen-bond acceptors (Lipinski definition) is 5. The Hall–Kier alpha value is -1.44. The summed E-state index contributed by atoms with van der Waals surface area (Å²) in [4.78, 5) is 8.01. The van der Waals surface area contributed by atoms with Crippen molar-refractivity contribution in [1.82, 2.24) is 10.2 Å². The van der Waals surface area contributed by atoms with Crippen molar-refractivity contribution < 1.29 is 14.2 Å². The fourth-order valence-electron chi connectivity index (χ4n) is 3.18. The third kappa shape index (κ3) is 7.53. The molecule has 28 heavy (non-hydrogen) atoms. The maximum atomic E-state index is 5.69. The summed E-state index contributed by atoms with van der Waals surface area (Å²) in [6.07, 6.45) is 1.15. The average Bonchev–Trinajstić information content (AvgIpc) is 3.19. The molecule has 0 aromatic heterocycles. The number of methoxy groups -OCH3 is 2. The lowest BCUT2D eigenvalue weighted by Gasteiger charge is -2.23. The van der Waals surface area contributed by atoms with Gasteiger partial charge in [-0.2, -0.15) is 0 Å². The largest absolute Gasteiger partial charge is 0.496 e. The molecule has 1 aliphatic rings. The van der Waals surface area contributed by atoms with Gasteiger partial charge < -0.3 is 24.4 Å². The monoisotopic (exact) mass is 409 g/mol. The number of aliphatic imine (C=N–C) groups is 1. The highest BCUT2D eigenvalue weighted by molar-refractivity contribution is 7.99. The van der Waals surface area contributed by atoms with Gasteiger partial charge in [0.2, 0.25) is 0 Å². The minimum absolute atomic E-state index is 0.516. The van der Waals surface area contributed by atoms with Gasteiger partial charge in [0.1, 0.15) is 5.75 Å². The summed E-state index contributed by atoms with van der Waals surface area (Å²) >= 11 is 1.84. The number of nitrogens with zero attached hydrogens (tertiary/aromatic N) is 2. The SMILES string of the molecule is CN=C(NCC(C)CSc1ccccc1OC)N1CCC(COCCOC)C1. The standard InChI is InChI=1S/C21H35N3O3S/c1-17(16-28-20-8-6-5-7-19(20)26-4)13-23-21(22-2)24-10-9-18(14-24)15-27-12-11-25-3/h5-8,17-18H,9-16H2,1-4H3,(H,22,23). The summed E-state index contributed by atoms with van der Waals surface area (Å²) in [5.74, 6) is 4.05. The molecule has 1 N–H and O–H groups in total. The maximum absolute atomic E-state index is 5.69. The molecule has 0 bridgehead atoms. The first kappa shape index (κ1) is 22.8. The molecule has 1 aromatic carbocycles. The summed E-state index contributed by atoms with van der Waals surface area (Å²) in [6, 6.07) is 8.18. The van der Waals surface area contributed by atoms with Crippen LogP contribution in [0.4, 0.5) is 0 Å². The lowest BCUT2D eigenvalue weighted by atomic mass is 10.1. The van der Waals surface area contributed by atoms with Gasteiger partial charge in [0.05, 0.1) is 26.9 Å². The van der Waals surface area contributed by atoms with Crippen molar-refractivity contribution in [3.05, 3.63) is 24.3 Å². The van der Waals surface area contributed by atoms with E-state index in [0.29, 0.717) is 25.0 Å². The molecule has 2 atom stereocenters. The van der Waals surface area contributed by atoms with Crippen molar-refractivity contribution in [2.45, 2.75) is 18.2 Å². The van der Waals surface area contributed by atoms with Crippen molar-refractivity contribution in [1.29, 1.82) is 0 Å². The zero-order chi connectivity index (χ0) is 20.2. The minimum atomic E-state index is 0.516. The second-order valence-electron chi connectivity index (χ2n) is 7.16. The molecule has 1 aromatic rings. The predicted molar refractivity (Wildman–Crippen MR) is 117 cm³/mol. The van der Waals surface area contributed by atoms with Gasteiger partial charge in [-0.3, -0.25) is 4.99 Å². The lowest BCUT2D eigenvalue weighted by molar-refractivity contribution is 0.0536. The molecule has 1 saturated heterocycles. The quantitative estimate of drug-likeness (QED) is 0.262. The van der Waals surface area contributed by atoms with Crippen LogP contribution in [0.2, 0.25) is 0 Å². The van der Waals surface area contributed by atoms with Crippen molar-refractivity contribution in [3.63, 3.8) is 0 Å². The Morgan fingerprint density at radius 2 is 2.14 bits per heavy atom. The second kappa shape index (κ2) is 12.9. The molecule has 0 amide bonds. The maximum Gasteiger partial charge on any atom is 0.193 e. The Morgan fingerprint density at radius 1 is 1.32 bits per heavy atom. The van der Waals surface area contributed by atoms with E-state index in [0.717, 1.165) is 50.1 Å². The van der Waals surface area contributed by atoms with E-state index in [4.69, 9.17) is 14.2 Å². The number of nitrogens with one attached hydrogen (secondary N) is 1. The molecule has 7 heteroatoms. The van der Waals surface area contributed by atoms with Crippen molar-refractivity contribution >= 4 is 17.7 Å². The van der Waals surface area contributed by atoms with E-state index in [1.165, 1.54) is 4.90 Å². The Labute approximate surface area is 174 Å². The van der Waals surface area contributed by atoms with Crippen LogP contribution in [0.15, 0.2) is 34.2 Å². The summed E-state index contributed by atoms with van der Waals surface area (Å²) in [6.45, 7) is 7.31. The second-order valence-corrected chi connectivity index (χ2v) is 8.23. The first-order valence-corrected chi connectivity index (χ1v) is 10.9. The smallest absolute Gasteiger partial charge is 0.193 e. The van der Waals surface area contributed by atoms with E-state index in [-0.39, 0.29) is 0 Å². The molecule has 0 saturated carbocycles. The topological polar surface area (TPSA) is 55.3 Å². The van der Waals surface area contributed by atoms with Gasteiger partial charge in [0, 0.05) is 50.4 Å². The van der Waals surface area contributed by atoms with Crippen LogP contribution in [0.5, 0.6) is 5.75 Å². The molecule has 158 valence electrons. The van der Waals surface area contributed by atoms with Gasteiger partial charge in [0.15, 0.2) is 5.96 Å². The van der Waals surface area contributed by atoms with E-state index < -0.39 is 0 Å². The summed E-state index contributed by atoms with van der Waals surface area (Å²) < 4.78 is 16.1. The summed E-state index contributed by atoms with van der Waals surface area (Å²) in [7, 11) is 5.28. The third-order valence-electron chi connectivity index (χ3n) is 4.78. The van der Waals surface area contributed by atoms with Gasteiger partial charge in [-0.15, -0.1) is 11.8 Å². The molecular weight excluding hydrogens is 374 g/mol. The minimum Gasteiger partial charge on any atom is -0.496 e. The Bertz CT molecular complexity index is 600. The fraction of sp³-hybridized carbons (Fsp3) is 0.667. The molecule has 1 aliphatic heterocycles. The van der Waals surface area contributed by atoms with Gasteiger partial charge in [-0.05, 0) is 24.5 Å². The van der Waals surface area contributed by atoms with Crippen LogP contribution >= 0.6 is 11.8 Å². The van der Waals surface area contributed by atoms with Crippen LogP contribution in [-0.2, 0) is 9.47 Å². The zero-order valence-corrected chi connectivity index (χ0v) is 18.5. The first-order valence-electron chi connectivity index (χ1n) is 9.96. The normalized spacial score (nSPS) is 18.4. The number of likely N-dealkylation sites (tertiary alicyclic amines) is 1. The Balaban J connectivity index is 1.70. The highest BCUT2D eigenvalue weighted by Crippen LogP contribution is 2.29. The van der Waals surface area contributed by atoms with Crippen LogP contribution in [-0.4, -0.2) is 77.3 Å². The van der Waals surface area contributed by atoms with Gasteiger partial charge in [0.25, 0.3) is 0 Å². The highest BCUT2D eigenvalue weighted by atomic mass is 32.2. The van der Waals surface area contributed by atoms with E-state index in [1.807, 2.05) is 30.9 Å². The average molecular weight is 410 g/mol. The Morgan fingerprint density at radius 3 is 2.89 bits per heavy atom. The van der Waals surface area contributed by atoms with Crippen LogP contribution in [0, 0.1) is 11.8 Å². The third-order valence-corrected chi connectivity index (χ3v) is 6.17. The van der Waals surface area contributed by atoms with Gasteiger partial charge in [-0.25, -0.2) is 0 Å². The molecule has 1 heterocycles. The van der Waals surface area contributed by atoms with E-state index in [9.17, 15) is 0 Å². The van der Waals surface area contributed by atoms with Crippen molar-refractivity contribution in [3.8, 4) is 5.75 Å². The van der Waals surface area contributed by atoms with Crippen LogP contribution < -0.4 is 10.1 Å². The first-order chi connectivity index (χ1) is 13.7. The fourth-order valence-corrected chi connectivity index (χ4v) is 4.23. The number of ether oxygens (including phenoxy) is 3. The molecule has 6 nitrogen and oxygen atoms in total. The van der Waals surface area contributed by atoms with Gasteiger partial charge in [-0.1, -0.05) is 19.1 Å². The molecule has 0 spiro atoms. The van der Waals surface area contributed by atoms with Crippen LogP contribution in [0.25, 0.3) is 0 Å². The summed E-state index contributed by atoms with van der Waals surface area (Å²) in [5.41, 5.74) is 0. The summed E-state index contributed by atoms with van der Waals surface area (Å²) in [5, 5.41) is 3.54. The number of para-hydroxylation sites is 1. The highest BCUT2D eigenvalue weighted by Gasteiger charge is 2.25. The molecule has 0 aliphatic carbocycles. The van der Waals surface area contributed by atoms with E-state index in [1.54, 1.807) is 14.2 Å². The number of benzene rings is 1. The molecular formula is C21H35N3O3S. The molecule has 0 radical (unpaired) electrons.